The van der Waals surface area contributed by atoms with Crippen molar-refractivity contribution in [1.82, 2.24) is 5.32 Å². The van der Waals surface area contributed by atoms with Crippen molar-refractivity contribution in [3.63, 3.8) is 0 Å². The molecule has 2 amide bonds. The van der Waals surface area contributed by atoms with Gasteiger partial charge < -0.3 is 16.0 Å². The van der Waals surface area contributed by atoms with Gasteiger partial charge in [0.15, 0.2) is 0 Å². The summed E-state index contributed by atoms with van der Waals surface area (Å²) in [6, 6.07) is 16.6. The van der Waals surface area contributed by atoms with Crippen molar-refractivity contribution >= 4 is 28.9 Å². The van der Waals surface area contributed by atoms with Gasteiger partial charge in [-0.25, -0.2) is 0 Å². The SMILES string of the molecule is CC(=O)NC(C)C(=O)Nc1cccc(Nc2ccccc2)c1. The maximum absolute atomic E-state index is 12.0. The van der Waals surface area contributed by atoms with Crippen molar-refractivity contribution in [3.8, 4) is 0 Å². The highest BCUT2D eigenvalue weighted by atomic mass is 16.2. The van der Waals surface area contributed by atoms with E-state index in [0.717, 1.165) is 11.4 Å². The fourth-order valence-electron chi connectivity index (χ4n) is 1.98. The molecule has 2 rings (SSSR count). The molecule has 0 spiro atoms. The number of rotatable bonds is 5. The molecule has 0 saturated carbocycles. The first kappa shape index (κ1) is 15.6. The zero-order valence-electron chi connectivity index (χ0n) is 12.6. The van der Waals surface area contributed by atoms with Gasteiger partial charge in [0.25, 0.3) is 0 Å². The van der Waals surface area contributed by atoms with Gasteiger partial charge >= 0.3 is 0 Å². The van der Waals surface area contributed by atoms with Crippen molar-refractivity contribution < 1.29 is 9.59 Å². The van der Waals surface area contributed by atoms with Gasteiger partial charge in [-0.1, -0.05) is 24.3 Å². The maximum Gasteiger partial charge on any atom is 0.246 e. The molecule has 5 nitrogen and oxygen atoms in total. The second-order valence-electron chi connectivity index (χ2n) is 4.98. The first-order chi connectivity index (χ1) is 10.5. The van der Waals surface area contributed by atoms with Crippen molar-refractivity contribution in [2.24, 2.45) is 0 Å². The van der Waals surface area contributed by atoms with E-state index < -0.39 is 6.04 Å². The third kappa shape index (κ3) is 4.63. The Bertz CT molecular complexity index is 656. The molecule has 0 aromatic heterocycles. The highest BCUT2D eigenvalue weighted by Crippen LogP contribution is 2.19. The summed E-state index contributed by atoms with van der Waals surface area (Å²) < 4.78 is 0. The van der Waals surface area contributed by atoms with Crippen LogP contribution >= 0.6 is 0 Å². The van der Waals surface area contributed by atoms with Gasteiger partial charge in [-0.3, -0.25) is 9.59 Å². The summed E-state index contributed by atoms with van der Waals surface area (Å²) >= 11 is 0. The molecule has 1 atom stereocenters. The Balaban J connectivity index is 2.02. The number of para-hydroxylation sites is 1. The lowest BCUT2D eigenvalue weighted by Crippen LogP contribution is -2.40. The summed E-state index contributed by atoms with van der Waals surface area (Å²) in [5.41, 5.74) is 2.51. The van der Waals surface area contributed by atoms with E-state index in [0.29, 0.717) is 5.69 Å². The first-order valence-electron chi connectivity index (χ1n) is 7.04. The van der Waals surface area contributed by atoms with E-state index >= 15 is 0 Å². The minimum atomic E-state index is -0.580. The summed E-state index contributed by atoms with van der Waals surface area (Å²) in [4.78, 5) is 22.9. The summed E-state index contributed by atoms with van der Waals surface area (Å²) in [6.45, 7) is 3.02. The Morgan fingerprint density at radius 2 is 1.55 bits per heavy atom. The molecule has 0 fully saturated rings. The molecule has 3 N–H and O–H groups in total. The van der Waals surface area contributed by atoms with Crippen LogP contribution < -0.4 is 16.0 Å². The van der Waals surface area contributed by atoms with Gasteiger partial charge in [0, 0.05) is 24.0 Å². The van der Waals surface area contributed by atoms with E-state index in [-0.39, 0.29) is 11.8 Å². The number of benzene rings is 2. The van der Waals surface area contributed by atoms with Crippen molar-refractivity contribution in [1.29, 1.82) is 0 Å². The van der Waals surface area contributed by atoms with Crippen LogP contribution in [0.1, 0.15) is 13.8 Å². The number of carbonyl (C=O) groups is 2. The Morgan fingerprint density at radius 3 is 2.23 bits per heavy atom. The average Bonchev–Trinajstić information content (AvgIpc) is 2.48. The molecule has 2 aromatic rings. The van der Waals surface area contributed by atoms with E-state index in [9.17, 15) is 9.59 Å². The number of amides is 2. The van der Waals surface area contributed by atoms with Crippen LogP contribution in [0.3, 0.4) is 0 Å². The van der Waals surface area contributed by atoms with Crippen molar-refractivity contribution in [3.05, 3.63) is 54.6 Å². The zero-order valence-corrected chi connectivity index (χ0v) is 12.6. The lowest BCUT2D eigenvalue weighted by molar-refractivity contribution is -0.124. The molecule has 0 aliphatic heterocycles. The van der Waals surface area contributed by atoms with Crippen LogP contribution in [0.25, 0.3) is 0 Å². The predicted octanol–water partition coefficient (Wildman–Crippen LogP) is 2.89. The van der Waals surface area contributed by atoms with Crippen LogP contribution in [0.2, 0.25) is 0 Å². The lowest BCUT2D eigenvalue weighted by atomic mass is 10.2. The monoisotopic (exact) mass is 297 g/mol. The molecule has 5 heteroatoms. The number of hydrogen-bond donors (Lipinski definition) is 3. The molecule has 1 unspecified atom stereocenters. The molecule has 114 valence electrons. The second-order valence-corrected chi connectivity index (χ2v) is 4.98. The van der Waals surface area contributed by atoms with Gasteiger partial charge in [0.2, 0.25) is 11.8 Å². The Hall–Kier alpha value is -2.82. The van der Waals surface area contributed by atoms with Gasteiger partial charge in [-0.2, -0.15) is 0 Å². The smallest absolute Gasteiger partial charge is 0.246 e. The molecule has 0 bridgehead atoms. The van der Waals surface area contributed by atoms with E-state index in [1.807, 2.05) is 48.5 Å². The normalized spacial score (nSPS) is 11.4. The summed E-state index contributed by atoms with van der Waals surface area (Å²) in [5, 5.41) is 8.59. The molecular formula is C17H19N3O2. The molecule has 0 heterocycles. The minimum Gasteiger partial charge on any atom is -0.355 e. The number of anilines is 3. The molecular weight excluding hydrogens is 278 g/mol. The molecule has 0 aliphatic rings. The first-order valence-corrected chi connectivity index (χ1v) is 7.04. The Kier molecular flexibility index (Phi) is 5.14. The van der Waals surface area contributed by atoms with Gasteiger partial charge in [-0.15, -0.1) is 0 Å². The lowest BCUT2D eigenvalue weighted by Gasteiger charge is -2.14. The number of nitrogens with one attached hydrogen (secondary N) is 3. The van der Waals surface area contributed by atoms with Crippen molar-refractivity contribution in [2.75, 3.05) is 10.6 Å². The number of carbonyl (C=O) groups excluding carboxylic acids is 2. The quantitative estimate of drug-likeness (QED) is 0.794. The molecule has 2 aromatic carbocycles. The highest BCUT2D eigenvalue weighted by molar-refractivity contribution is 5.97. The topological polar surface area (TPSA) is 70.2 Å². The minimum absolute atomic E-state index is 0.234. The second kappa shape index (κ2) is 7.26. The van der Waals surface area contributed by atoms with Crippen molar-refractivity contribution in [2.45, 2.75) is 19.9 Å². The standard InChI is InChI=1S/C17H19N3O2/c1-12(18-13(2)21)17(22)20-16-10-6-9-15(11-16)19-14-7-4-3-5-8-14/h3-12,19H,1-2H3,(H,18,21)(H,20,22). The van der Waals surface area contributed by atoms with Gasteiger partial charge in [-0.05, 0) is 37.3 Å². The fraction of sp³-hybridized carbons (Fsp3) is 0.176. The molecule has 0 radical (unpaired) electrons. The zero-order chi connectivity index (χ0) is 15.9. The highest BCUT2D eigenvalue weighted by Gasteiger charge is 2.13. The van der Waals surface area contributed by atoms with Crippen LogP contribution in [-0.2, 0) is 9.59 Å². The Morgan fingerprint density at radius 1 is 0.909 bits per heavy atom. The summed E-state index contributed by atoms with van der Waals surface area (Å²) in [7, 11) is 0. The van der Waals surface area contributed by atoms with Crippen LogP contribution in [0.5, 0.6) is 0 Å². The number of hydrogen-bond acceptors (Lipinski definition) is 3. The fourth-order valence-corrected chi connectivity index (χ4v) is 1.98. The molecule has 0 aliphatic carbocycles. The average molecular weight is 297 g/mol. The largest absolute Gasteiger partial charge is 0.355 e. The van der Waals surface area contributed by atoms with Crippen LogP contribution in [-0.4, -0.2) is 17.9 Å². The Labute approximate surface area is 129 Å². The van der Waals surface area contributed by atoms with E-state index in [2.05, 4.69) is 16.0 Å². The van der Waals surface area contributed by atoms with Crippen LogP contribution in [0, 0.1) is 0 Å². The molecule has 22 heavy (non-hydrogen) atoms. The van der Waals surface area contributed by atoms with Gasteiger partial charge in [0.1, 0.15) is 6.04 Å². The van der Waals surface area contributed by atoms with E-state index in [1.54, 1.807) is 13.0 Å². The van der Waals surface area contributed by atoms with Crippen LogP contribution in [0.4, 0.5) is 17.1 Å². The van der Waals surface area contributed by atoms with E-state index in [4.69, 9.17) is 0 Å². The predicted molar refractivity (Wildman–Crippen MR) is 88.1 cm³/mol. The summed E-state index contributed by atoms with van der Waals surface area (Å²) in [5.74, 6) is -0.491. The third-order valence-corrected chi connectivity index (χ3v) is 3.01. The molecule has 0 saturated heterocycles. The third-order valence-electron chi connectivity index (χ3n) is 3.01. The van der Waals surface area contributed by atoms with E-state index in [1.165, 1.54) is 6.92 Å². The summed E-state index contributed by atoms with van der Waals surface area (Å²) in [6.07, 6.45) is 0. The maximum atomic E-state index is 12.0. The van der Waals surface area contributed by atoms with Crippen LogP contribution in [0.15, 0.2) is 54.6 Å². The van der Waals surface area contributed by atoms with Gasteiger partial charge in [0.05, 0.1) is 0 Å².